The van der Waals surface area contributed by atoms with Crippen LogP contribution in [0.1, 0.15) is 5.56 Å². The third-order valence-electron chi connectivity index (χ3n) is 2.81. The van der Waals surface area contributed by atoms with Crippen LogP contribution in [0.15, 0.2) is 61.2 Å². The molecular weight excluding hydrogens is 222 g/mol. The van der Waals surface area contributed by atoms with Gasteiger partial charge in [0, 0.05) is 0 Å². The van der Waals surface area contributed by atoms with Gasteiger partial charge in [-0.3, -0.25) is 0 Å². The largest absolute Gasteiger partial charge is 0.150 e. The van der Waals surface area contributed by atoms with Gasteiger partial charge in [0.25, 0.3) is 0 Å². The zero-order chi connectivity index (χ0) is 12.4. The van der Waals surface area contributed by atoms with E-state index in [9.17, 15) is 0 Å². The van der Waals surface area contributed by atoms with E-state index in [4.69, 9.17) is 0 Å². The van der Waals surface area contributed by atoms with Gasteiger partial charge in [-0.15, -0.1) is 16.8 Å². The van der Waals surface area contributed by atoms with Crippen molar-refractivity contribution < 1.29 is 0 Å². The summed E-state index contributed by atoms with van der Waals surface area (Å²) in [6.45, 7) is 3.76. The van der Waals surface area contributed by atoms with Gasteiger partial charge in [-0.05, 0) is 36.2 Å². The lowest BCUT2D eigenvalue weighted by atomic mass is 10.1. The molecule has 2 aromatic carbocycles. The molecule has 0 radical (unpaired) electrons. The van der Waals surface area contributed by atoms with Crippen molar-refractivity contribution in [3.8, 4) is 5.69 Å². The molecule has 0 aliphatic heterocycles. The Morgan fingerprint density at radius 3 is 2.39 bits per heavy atom. The van der Waals surface area contributed by atoms with Gasteiger partial charge in [-0.1, -0.05) is 30.3 Å². The molecular formula is C15H13N3. The second-order valence-electron chi connectivity index (χ2n) is 4.14. The predicted octanol–water partition coefficient (Wildman–Crippen LogP) is 3.15. The van der Waals surface area contributed by atoms with Crippen molar-refractivity contribution in [1.82, 2.24) is 15.0 Å². The van der Waals surface area contributed by atoms with Crippen LogP contribution in [0.3, 0.4) is 0 Å². The topological polar surface area (TPSA) is 30.7 Å². The summed E-state index contributed by atoms with van der Waals surface area (Å²) in [5, 5.41) is 8.93. The van der Waals surface area contributed by atoms with E-state index in [1.165, 1.54) is 5.56 Å². The molecule has 88 valence electrons. The fraction of sp³-hybridized carbons (Fsp3) is 0.0667. The van der Waals surface area contributed by atoms with Gasteiger partial charge in [0.2, 0.25) is 0 Å². The fourth-order valence-electron chi connectivity index (χ4n) is 1.95. The zero-order valence-electron chi connectivity index (χ0n) is 9.95. The van der Waals surface area contributed by atoms with E-state index in [0.29, 0.717) is 0 Å². The second-order valence-corrected chi connectivity index (χ2v) is 4.14. The average molecular weight is 235 g/mol. The number of hydrogen-bond donors (Lipinski definition) is 0. The first-order valence-electron chi connectivity index (χ1n) is 5.89. The molecule has 0 fully saturated rings. The average Bonchev–Trinajstić information content (AvgIpc) is 2.83. The summed E-state index contributed by atoms with van der Waals surface area (Å²) in [6, 6.07) is 16.0. The molecule has 0 aliphatic rings. The van der Waals surface area contributed by atoms with Gasteiger partial charge < -0.3 is 0 Å². The lowest BCUT2D eigenvalue weighted by Gasteiger charge is -2.01. The number of allylic oxidation sites excluding steroid dienone is 1. The third-order valence-corrected chi connectivity index (χ3v) is 2.81. The molecule has 0 saturated carbocycles. The van der Waals surface area contributed by atoms with E-state index >= 15 is 0 Å². The Morgan fingerprint density at radius 1 is 1.00 bits per heavy atom. The standard InChI is InChI=1S/C15H13N3/c1-2-6-12-7-5-8-13(11-12)18-16-14-9-3-4-10-15(14)17-18/h2-5,7-11H,1,6H2. The quantitative estimate of drug-likeness (QED) is 0.653. The van der Waals surface area contributed by atoms with E-state index in [1.807, 2.05) is 42.5 Å². The SMILES string of the molecule is C=CCc1cccc(-n2nc3ccccc3n2)c1. The van der Waals surface area contributed by atoms with Crippen molar-refractivity contribution in [2.45, 2.75) is 6.42 Å². The first-order chi connectivity index (χ1) is 8.86. The van der Waals surface area contributed by atoms with Crippen LogP contribution in [-0.2, 0) is 6.42 Å². The van der Waals surface area contributed by atoms with Gasteiger partial charge in [0.1, 0.15) is 11.0 Å². The summed E-state index contributed by atoms with van der Waals surface area (Å²) < 4.78 is 0. The van der Waals surface area contributed by atoms with Crippen LogP contribution in [0.5, 0.6) is 0 Å². The maximum absolute atomic E-state index is 4.46. The number of nitrogens with zero attached hydrogens (tertiary/aromatic N) is 3. The summed E-state index contributed by atoms with van der Waals surface area (Å²) >= 11 is 0. The van der Waals surface area contributed by atoms with E-state index < -0.39 is 0 Å². The van der Waals surface area contributed by atoms with Crippen molar-refractivity contribution >= 4 is 11.0 Å². The van der Waals surface area contributed by atoms with Crippen molar-refractivity contribution in [3.05, 3.63) is 66.7 Å². The van der Waals surface area contributed by atoms with Crippen LogP contribution in [0.2, 0.25) is 0 Å². The minimum absolute atomic E-state index is 0.856. The van der Waals surface area contributed by atoms with E-state index in [0.717, 1.165) is 23.1 Å². The molecule has 1 aromatic heterocycles. The zero-order valence-corrected chi connectivity index (χ0v) is 9.95. The molecule has 0 N–H and O–H groups in total. The Bertz CT molecular complexity index is 665. The molecule has 3 heteroatoms. The minimum atomic E-state index is 0.856. The maximum atomic E-state index is 4.46. The number of fused-ring (bicyclic) bond motifs is 1. The third kappa shape index (κ3) is 1.91. The van der Waals surface area contributed by atoms with E-state index in [1.54, 1.807) is 4.80 Å². The first-order valence-corrected chi connectivity index (χ1v) is 5.89. The van der Waals surface area contributed by atoms with Gasteiger partial charge >= 0.3 is 0 Å². The van der Waals surface area contributed by atoms with Crippen LogP contribution in [0.4, 0.5) is 0 Å². The maximum Gasteiger partial charge on any atom is 0.113 e. The summed E-state index contributed by atoms with van der Waals surface area (Å²) in [5.74, 6) is 0. The van der Waals surface area contributed by atoms with Crippen LogP contribution < -0.4 is 0 Å². The second kappa shape index (κ2) is 4.45. The Labute approximate surface area is 105 Å². The van der Waals surface area contributed by atoms with E-state index in [-0.39, 0.29) is 0 Å². The lowest BCUT2D eigenvalue weighted by molar-refractivity contribution is 0.764. The smallest absolute Gasteiger partial charge is 0.113 e. The summed E-state index contributed by atoms with van der Waals surface area (Å²) in [4.78, 5) is 1.68. The molecule has 3 rings (SSSR count). The molecule has 0 atom stereocenters. The molecule has 0 spiro atoms. The lowest BCUT2D eigenvalue weighted by Crippen LogP contribution is -1.99. The van der Waals surface area contributed by atoms with Crippen molar-refractivity contribution in [2.24, 2.45) is 0 Å². The highest BCUT2D eigenvalue weighted by molar-refractivity contribution is 5.73. The van der Waals surface area contributed by atoms with Crippen molar-refractivity contribution in [3.63, 3.8) is 0 Å². The van der Waals surface area contributed by atoms with Crippen molar-refractivity contribution in [2.75, 3.05) is 0 Å². The molecule has 3 nitrogen and oxygen atoms in total. The van der Waals surface area contributed by atoms with Crippen LogP contribution in [-0.4, -0.2) is 15.0 Å². The van der Waals surface area contributed by atoms with E-state index in [2.05, 4.69) is 28.9 Å². The van der Waals surface area contributed by atoms with Crippen LogP contribution in [0, 0.1) is 0 Å². The normalized spacial score (nSPS) is 10.7. The highest BCUT2D eigenvalue weighted by Gasteiger charge is 2.03. The summed E-state index contributed by atoms with van der Waals surface area (Å²) in [6.07, 6.45) is 2.75. The molecule has 0 saturated heterocycles. The number of aromatic nitrogens is 3. The highest BCUT2D eigenvalue weighted by atomic mass is 15.5. The molecule has 18 heavy (non-hydrogen) atoms. The Hall–Kier alpha value is -2.42. The fourth-order valence-corrected chi connectivity index (χ4v) is 1.95. The highest BCUT2D eigenvalue weighted by Crippen LogP contribution is 2.13. The molecule has 1 heterocycles. The van der Waals surface area contributed by atoms with Crippen LogP contribution in [0.25, 0.3) is 16.7 Å². The predicted molar refractivity (Wildman–Crippen MR) is 72.8 cm³/mol. The minimum Gasteiger partial charge on any atom is -0.150 e. The van der Waals surface area contributed by atoms with Gasteiger partial charge in [0.15, 0.2) is 0 Å². The van der Waals surface area contributed by atoms with Crippen molar-refractivity contribution in [1.29, 1.82) is 0 Å². The van der Waals surface area contributed by atoms with Gasteiger partial charge in [-0.2, -0.15) is 4.80 Å². The number of rotatable bonds is 3. The molecule has 0 amide bonds. The Morgan fingerprint density at radius 2 is 1.72 bits per heavy atom. The molecule has 3 aromatic rings. The number of benzene rings is 2. The van der Waals surface area contributed by atoms with Gasteiger partial charge in [0.05, 0.1) is 5.69 Å². The summed E-state index contributed by atoms with van der Waals surface area (Å²) in [7, 11) is 0. The summed E-state index contributed by atoms with van der Waals surface area (Å²) in [5.41, 5.74) is 4.01. The monoisotopic (exact) mass is 235 g/mol. The molecule has 0 aliphatic carbocycles. The number of hydrogen-bond acceptors (Lipinski definition) is 2. The first kappa shape index (κ1) is 10.7. The van der Waals surface area contributed by atoms with Crippen LogP contribution >= 0.6 is 0 Å². The van der Waals surface area contributed by atoms with Gasteiger partial charge in [-0.25, -0.2) is 0 Å². The Kier molecular flexibility index (Phi) is 2.65. The molecule has 0 unspecified atom stereocenters. The Balaban J connectivity index is 2.08. The molecule has 0 bridgehead atoms.